The van der Waals surface area contributed by atoms with Crippen LogP contribution in [-0.2, 0) is 0 Å². The standard InChI is InChI=1S/C25H26N10O/c1-5-17(29-23-21(22(26)27-13-28-23)35-32-16(4)31-33-35)24-30-18-11-8-10-15(3)20(18)25(36)34(24)19-12-7-6-9-14(19)2/h6-13,17H,5H2,1-4H3,(H3,26,27,28,29). The molecule has 0 aliphatic carbocycles. The molecule has 0 aliphatic heterocycles. The van der Waals surface area contributed by atoms with Gasteiger partial charge in [0.25, 0.3) is 5.56 Å². The highest BCUT2D eigenvalue weighted by Gasteiger charge is 2.24. The van der Waals surface area contributed by atoms with E-state index in [9.17, 15) is 4.79 Å². The van der Waals surface area contributed by atoms with Crippen LogP contribution < -0.4 is 16.6 Å². The third-order valence-corrected chi connectivity index (χ3v) is 6.08. The van der Waals surface area contributed by atoms with Crippen molar-refractivity contribution in [1.82, 2.24) is 39.7 Å². The van der Waals surface area contributed by atoms with Gasteiger partial charge in [0.2, 0.25) is 0 Å². The Morgan fingerprint density at radius 3 is 2.53 bits per heavy atom. The molecule has 5 rings (SSSR count). The summed E-state index contributed by atoms with van der Waals surface area (Å²) in [5, 5.41) is 16.3. The minimum Gasteiger partial charge on any atom is -0.382 e. The van der Waals surface area contributed by atoms with E-state index in [1.807, 2.05) is 63.2 Å². The number of aromatic nitrogens is 8. The lowest BCUT2D eigenvalue weighted by molar-refractivity contribution is 0.651. The lowest BCUT2D eigenvalue weighted by Crippen LogP contribution is -2.29. The quantitative estimate of drug-likeness (QED) is 0.373. The minimum atomic E-state index is -0.403. The van der Waals surface area contributed by atoms with Gasteiger partial charge in [0, 0.05) is 0 Å². The Morgan fingerprint density at radius 2 is 1.81 bits per heavy atom. The van der Waals surface area contributed by atoms with Crippen molar-refractivity contribution < 1.29 is 0 Å². The average molecular weight is 483 g/mol. The smallest absolute Gasteiger partial charge is 0.266 e. The number of hydrogen-bond donors (Lipinski definition) is 2. The van der Waals surface area contributed by atoms with Crippen molar-refractivity contribution in [3.05, 3.63) is 81.9 Å². The first-order valence-electron chi connectivity index (χ1n) is 11.6. The topological polar surface area (TPSA) is 142 Å². The maximum absolute atomic E-state index is 14.0. The van der Waals surface area contributed by atoms with Crippen LogP contribution >= 0.6 is 0 Å². The van der Waals surface area contributed by atoms with Gasteiger partial charge >= 0.3 is 0 Å². The molecule has 5 aromatic rings. The summed E-state index contributed by atoms with van der Waals surface area (Å²) in [5.74, 6) is 1.64. The number of nitrogens with zero attached hydrogens (tertiary/aromatic N) is 8. The van der Waals surface area contributed by atoms with Crippen LogP contribution in [0.1, 0.15) is 42.2 Å². The van der Waals surface area contributed by atoms with Crippen LogP contribution in [0.15, 0.2) is 53.6 Å². The van der Waals surface area contributed by atoms with Crippen molar-refractivity contribution in [3.63, 3.8) is 0 Å². The Morgan fingerprint density at radius 1 is 1.03 bits per heavy atom. The molecule has 0 amide bonds. The summed E-state index contributed by atoms with van der Waals surface area (Å²) in [6.45, 7) is 7.64. The Hall–Kier alpha value is -4.67. The van der Waals surface area contributed by atoms with Gasteiger partial charge in [-0.1, -0.05) is 37.3 Å². The monoisotopic (exact) mass is 482 g/mol. The fourth-order valence-corrected chi connectivity index (χ4v) is 4.28. The molecule has 0 aliphatic rings. The van der Waals surface area contributed by atoms with Crippen LogP contribution in [0, 0.1) is 20.8 Å². The zero-order chi connectivity index (χ0) is 25.4. The molecule has 11 heteroatoms. The highest BCUT2D eigenvalue weighted by atomic mass is 16.1. The Balaban J connectivity index is 1.73. The molecular weight excluding hydrogens is 456 g/mol. The number of tetrazole rings is 1. The van der Waals surface area contributed by atoms with Crippen LogP contribution in [0.3, 0.4) is 0 Å². The van der Waals surface area contributed by atoms with Crippen molar-refractivity contribution in [2.24, 2.45) is 0 Å². The predicted octanol–water partition coefficient (Wildman–Crippen LogP) is 3.22. The third kappa shape index (κ3) is 3.94. The Labute approximate surface area is 207 Å². The van der Waals surface area contributed by atoms with Crippen LogP contribution in [0.5, 0.6) is 0 Å². The maximum atomic E-state index is 14.0. The van der Waals surface area contributed by atoms with Crippen molar-refractivity contribution in [2.75, 3.05) is 11.1 Å². The van der Waals surface area contributed by atoms with Crippen LogP contribution in [0.25, 0.3) is 22.3 Å². The molecule has 1 unspecified atom stereocenters. The van der Waals surface area contributed by atoms with Crippen LogP contribution in [0.4, 0.5) is 11.6 Å². The molecule has 3 N–H and O–H groups in total. The van der Waals surface area contributed by atoms with Gasteiger partial charge in [0.1, 0.15) is 12.2 Å². The largest absolute Gasteiger partial charge is 0.382 e. The average Bonchev–Trinajstić information content (AvgIpc) is 3.28. The number of hydrogen-bond acceptors (Lipinski definition) is 9. The second-order valence-corrected chi connectivity index (χ2v) is 8.55. The van der Waals surface area contributed by atoms with Gasteiger partial charge in [0.15, 0.2) is 23.1 Å². The minimum absolute atomic E-state index is 0.126. The molecule has 0 saturated heterocycles. The van der Waals surface area contributed by atoms with Gasteiger partial charge in [-0.15, -0.1) is 15.0 Å². The summed E-state index contributed by atoms with van der Waals surface area (Å²) in [6, 6.07) is 13.0. The molecule has 0 saturated carbocycles. The van der Waals surface area contributed by atoms with Crippen LogP contribution in [0.2, 0.25) is 0 Å². The molecule has 0 spiro atoms. The number of nitrogen functional groups attached to an aromatic ring is 1. The number of nitrogens with one attached hydrogen (secondary N) is 1. The SMILES string of the molecule is CCC(Nc1ncnc(N)c1-n1nnc(C)n1)c1nc2cccc(C)c2c(=O)n1-c1ccccc1C. The third-order valence-electron chi connectivity index (χ3n) is 6.08. The molecule has 11 nitrogen and oxygen atoms in total. The van der Waals surface area contributed by atoms with E-state index in [2.05, 4.69) is 30.7 Å². The fraction of sp³-hybridized carbons (Fsp3) is 0.240. The molecular formula is C25H26N10O. The normalized spacial score (nSPS) is 12.1. The lowest BCUT2D eigenvalue weighted by Gasteiger charge is -2.24. The van der Waals surface area contributed by atoms with Gasteiger partial charge in [-0.2, -0.15) is 0 Å². The zero-order valence-electron chi connectivity index (χ0n) is 20.5. The summed E-state index contributed by atoms with van der Waals surface area (Å²) < 4.78 is 1.69. The van der Waals surface area contributed by atoms with E-state index in [1.165, 1.54) is 11.1 Å². The number of fused-ring (bicyclic) bond motifs is 1. The molecule has 3 aromatic heterocycles. The van der Waals surface area contributed by atoms with Gasteiger partial charge in [-0.25, -0.2) is 15.0 Å². The maximum Gasteiger partial charge on any atom is 0.266 e. The molecule has 1 atom stereocenters. The molecule has 182 valence electrons. The van der Waals surface area contributed by atoms with E-state index in [0.29, 0.717) is 40.5 Å². The van der Waals surface area contributed by atoms with Crippen LogP contribution in [-0.4, -0.2) is 39.7 Å². The number of benzene rings is 2. The van der Waals surface area contributed by atoms with Gasteiger partial charge in [-0.05, 0) is 55.7 Å². The molecule has 0 radical (unpaired) electrons. The fourth-order valence-electron chi connectivity index (χ4n) is 4.28. The van der Waals surface area contributed by atoms with E-state index in [1.54, 1.807) is 11.5 Å². The van der Waals surface area contributed by atoms with E-state index < -0.39 is 6.04 Å². The summed E-state index contributed by atoms with van der Waals surface area (Å²) in [7, 11) is 0. The van der Waals surface area contributed by atoms with E-state index >= 15 is 0 Å². The van der Waals surface area contributed by atoms with E-state index in [-0.39, 0.29) is 11.4 Å². The molecule has 0 bridgehead atoms. The lowest BCUT2D eigenvalue weighted by atomic mass is 10.1. The van der Waals surface area contributed by atoms with Crippen molar-refractivity contribution in [3.8, 4) is 11.4 Å². The van der Waals surface area contributed by atoms with Gasteiger partial charge in [0.05, 0.1) is 22.6 Å². The number of aryl methyl sites for hydroxylation is 3. The zero-order valence-corrected chi connectivity index (χ0v) is 20.5. The highest BCUT2D eigenvalue weighted by molar-refractivity contribution is 5.81. The van der Waals surface area contributed by atoms with Gasteiger partial charge in [-0.3, -0.25) is 9.36 Å². The summed E-state index contributed by atoms with van der Waals surface area (Å²) in [6.07, 6.45) is 1.96. The summed E-state index contributed by atoms with van der Waals surface area (Å²) in [5.41, 5.74) is 9.67. The Kier molecular flexibility index (Phi) is 5.88. The predicted molar refractivity (Wildman–Crippen MR) is 137 cm³/mol. The second kappa shape index (κ2) is 9.17. The van der Waals surface area contributed by atoms with E-state index in [0.717, 1.165) is 16.8 Å². The van der Waals surface area contributed by atoms with Crippen molar-refractivity contribution >= 4 is 22.5 Å². The molecule has 3 heterocycles. The summed E-state index contributed by atoms with van der Waals surface area (Å²) in [4.78, 5) is 28.8. The number of anilines is 2. The first kappa shape index (κ1) is 23.1. The summed E-state index contributed by atoms with van der Waals surface area (Å²) >= 11 is 0. The van der Waals surface area contributed by atoms with E-state index in [4.69, 9.17) is 10.7 Å². The first-order valence-corrected chi connectivity index (χ1v) is 11.6. The van der Waals surface area contributed by atoms with Gasteiger partial charge < -0.3 is 11.1 Å². The number of para-hydroxylation sites is 1. The molecule has 2 aromatic carbocycles. The molecule has 36 heavy (non-hydrogen) atoms. The first-order chi connectivity index (χ1) is 17.4. The van der Waals surface area contributed by atoms with Crippen molar-refractivity contribution in [2.45, 2.75) is 40.2 Å². The second-order valence-electron chi connectivity index (χ2n) is 8.55. The number of rotatable bonds is 6. The number of nitrogens with two attached hydrogens (primary N) is 1. The highest BCUT2D eigenvalue weighted by Crippen LogP contribution is 2.29. The molecule has 0 fully saturated rings. The Bertz CT molecular complexity index is 1640. The van der Waals surface area contributed by atoms with Crippen molar-refractivity contribution in [1.29, 1.82) is 0 Å².